The zero-order valence-corrected chi connectivity index (χ0v) is 16.9. The predicted octanol–water partition coefficient (Wildman–Crippen LogP) is 0.533. The van der Waals surface area contributed by atoms with E-state index in [2.05, 4.69) is 16.0 Å². The van der Waals surface area contributed by atoms with Gasteiger partial charge in [0.1, 0.15) is 18.2 Å². The molecule has 1 atom stereocenters. The fourth-order valence-corrected chi connectivity index (χ4v) is 2.72. The fraction of sp³-hybridized carbons (Fsp3) is 0.778. The first-order chi connectivity index (χ1) is 12.5. The summed E-state index contributed by atoms with van der Waals surface area (Å²) < 4.78 is 5.10. The van der Waals surface area contributed by atoms with Crippen molar-refractivity contribution in [3.63, 3.8) is 0 Å². The van der Waals surface area contributed by atoms with Gasteiger partial charge in [0.05, 0.1) is 6.54 Å². The molecule has 1 saturated heterocycles. The first kappa shape index (κ1) is 22.7. The van der Waals surface area contributed by atoms with Gasteiger partial charge in [-0.15, -0.1) is 0 Å². The lowest BCUT2D eigenvalue weighted by atomic mass is 10.0. The van der Waals surface area contributed by atoms with Gasteiger partial charge in [-0.2, -0.15) is 0 Å². The van der Waals surface area contributed by atoms with Gasteiger partial charge < -0.3 is 25.6 Å². The van der Waals surface area contributed by atoms with Crippen LogP contribution < -0.4 is 16.0 Å². The average Bonchev–Trinajstić information content (AvgIpc) is 2.55. The van der Waals surface area contributed by atoms with Crippen molar-refractivity contribution < 1.29 is 23.9 Å². The van der Waals surface area contributed by atoms with Crippen LogP contribution in [0, 0.1) is 0 Å². The van der Waals surface area contributed by atoms with Crippen LogP contribution in [0.2, 0.25) is 0 Å². The molecule has 0 bridgehead atoms. The summed E-state index contributed by atoms with van der Waals surface area (Å²) in [5.41, 5.74) is -0.656. The number of carbonyl (C=O) groups excluding carboxylic acids is 4. The van der Waals surface area contributed by atoms with Crippen molar-refractivity contribution in [1.82, 2.24) is 20.9 Å². The van der Waals surface area contributed by atoms with Crippen molar-refractivity contribution in [3.05, 3.63) is 0 Å². The van der Waals surface area contributed by atoms with E-state index in [1.807, 2.05) is 13.8 Å². The first-order valence-electron chi connectivity index (χ1n) is 9.33. The van der Waals surface area contributed by atoms with Crippen molar-refractivity contribution >= 4 is 23.8 Å². The van der Waals surface area contributed by atoms with Gasteiger partial charge in [-0.1, -0.05) is 0 Å². The Bertz CT molecular complexity index is 556. The molecule has 4 amide bonds. The van der Waals surface area contributed by atoms with E-state index in [4.69, 9.17) is 4.74 Å². The maximum Gasteiger partial charge on any atom is 0.408 e. The minimum absolute atomic E-state index is 0.0129. The van der Waals surface area contributed by atoms with Gasteiger partial charge >= 0.3 is 6.09 Å². The Labute approximate surface area is 160 Å². The largest absolute Gasteiger partial charge is 0.444 e. The number of likely N-dealkylation sites (tertiary alicyclic amines) is 1. The summed E-state index contributed by atoms with van der Waals surface area (Å²) >= 11 is 0. The summed E-state index contributed by atoms with van der Waals surface area (Å²) in [4.78, 5) is 49.7. The van der Waals surface area contributed by atoms with Crippen LogP contribution in [0.4, 0.5) is 4.79 Å². The highest BCUT2D eigenvalue weighted by atomic mass is 16.6. The van der Waals surface area contributed by atoms with Crippen molar-refractivity contribution in [1.29, 1.82) is 0 Å². The van der Waals surface area contributed by atoms with Gasteiger partial charge in [0, 0.05) is 12.6 Å². The number of amides is 4. The molecule has 1 aliphatic rings. The molecule has 27 heavy (non-hydrogen) atoms. The summed E-state index contributed by atoms with van der Waals surface area (Å²) in [7, 11) is 0. The van der Waals surface area contributed by atoms with E-state index in [1.54, 1.807) is 20.8 Å². The van der Waals surface area contributed by atoms with Crippen LogP contribution >= 0.6 is 0 Å². The topological polar surface area (TPSA) is 117 Å². The lowest BCUT2D eigenvalue weighted by Crippen LogP contribution is -2.55. The lowest BCUT2D eigenvalue weighted by molar-refractivity contribution is -0.141. The SMILES string of the molecule is CC(C)NC(=O)CNC(=O)[C@@H]1CCCCN1C(=O)CNC(=O)OC(C)(C)C. The summed E-state index contributed by atoms with van der Waals surface area (Å²) in [5.74, 6) is -0.995. The highest BCUT2D eigenvalue weighted by molar-refractivity contribution is 5.91. The normalized spacial score (nSPS) is 17.3. The van der Waals surface area contributed by atoms with E-state index in [-0.39, 0.29) is 36.9 Å². The molecule has 0 radical (unpaired) electrons. The minimum Gasteiger partial charge on any atom is -0.444 e. The molecule has 0 aromatic heterocycles. The maximum absolute atomic E-state index is 12.5. The Balaban J connectivity index is 2.56. The molecule has 0 aromatic rings. The molecule has 0 spiro atoms. The first-order valence-corrected chi connectivity index (χ1v) is 9.33. The lowest BCUT2D eigenvalue weighted by Gasteiger charge is -2.34. The van der Waals surface area contributed by atoms with Crippen molar-refractivity contribution in [3.8, 4) is 0 Å². The monoisotopic (exact) mass is 384 g/mol. The van der Waals surface area contributed by atoms with Gasteiger partial charge in [0.25, 0.3) is 0 Å². The molecular formula is C18H32N4O5. The molecule has 0 unspecified atom stereocenters. The third-order valence-electron chi connectivity index (χ3n) is 3.78. The van der Waals surface area contributed by atoms with Crippen LogP contribution in [0.3, 0.4) is 0 Å². The molecule has 1 aliphatic heterocycles. The van der Waals surface area contributed by atoms with Crippen molar-refractivity contribution in [2.45, 2.75) is 71.6 Å². The van der Waals surface area contributed by atoms with E-state index < -0.39 is 17.7 Å². The Morgan fingerprint density at radius 1 is 1.07 bits per heavy atom. The number of piperidine rings is 1. The Morgan fingerprint density at radius 2 is 1.74 bits per heavy atom. The van der Waals surface area contributed by atoms with Crippen LogP contribution in [-0.4, -0.2) is 66.0 Å². The zero-order chi connectivity index (χ0) is 20.6. The number of nitrogens with zero attached hydrogens (tertiary/aromatic N) is 1. The highest BCUT2D eigenvalue weighted by Gasteiger charge is 2.32. The fourth-order valence-electron chi connectivity index (χ4n) is 2.72. The van der Waals surface area contributed by atoms with Crippen LogP contribution in [0.15, 0.2) is 0 Å². The molecule has 1 rings (SSSR count). The second-order valence-electron chi connectivity index (χ2n) is 7.89. The maximum atomic E-state index is 12.5. The van der Waals surface area contributed by atoms with Gasteiger partial charge in [-0.05, 0) is 53.9 Å². The number of hydrogen-bond acceptors (Lipinski definition) is 5. The predicted molar refractivity (Wildman–Crippen MR) is 99.9 cm³/mol. The molecule has 9 heteroatoms. The van der Waals surface area contributed by atoms with Crippen molar-refractivity contribution in [2.75, 3.05) is 19.6 Å². The summed E-state index contributed by atoms with van der Waals surface area (Å²) in [6.07, 6.45) is 1.45. The van der Waals surface area contributed by atoms with Crippen molar-refractivity contribution in [2.24, 2.45) is 0 Å². The Kier molecular flexibility index (Phi) is 8.52. The molecule has 9 nitrogen and oxygen atoms in total. The molecule has 0 aromatic carbocycles. The van der Waals surface area contributed by atoms with Gasteiger partial charge in [-0.3, -0.25) is 14.4 Å². The second-order valence-corrected chi connectivity index (χ2v) is 7.89. The molecular weight excluding hydrogens is 352 g/mol. The number of rotatable bonds is 6. The van der Waals surface area contributed by atoms with Gasteiger partial charge in [-0.25, -0.2) is 4.79 Å². The third-order valence-corrected chi connectivity index (χ3v) is 3.78. The van der Waals surface area contributed by atoms with E-state index in [0.717, 1.165) is 12.8 Å². The second kappa shape index (κ2) is 10.1. The van der Waals surface area contributed by atoms with E-state index in [1.165, 1.54) is 4.90 Å². The summed E-state index contributed by atoms with van der Waals surface area (Å²) in [6, 6.07) is -0.653. The minimum atomic E-state index is -0.681. The Hall–Kier alpha value is -2.32. The molecule has 0 aliphatic carbocycles. The summed E-state index contributed by atoms with van der Waals surface area (Å²) in [5, 5.41) is 7.69. The van der Waals surface area contributed by atoms with Gasteiger partial charge in [0.2, 0.25) is 17.7 Å². The zero-order valence-electron chi connectivity index (χ0n) is 16.9. The van der Waals surface area contributed by atoms with E-state index in [0.29, 0.717) is 13.0 Å². The summed E-state index contributed by atoms with van der Waals surface area (Å²) in [6.45, 7) is 8.92. The number of alkyl carbamates (subject to hydrolysis) is 1. The van der Waals surface area contributed by atoms with E-state index >= 15 is 0 Å². The molecule has 3 N–H and O–H groups in total. The van der Waals surface area contributed by atoms with Crippen LogP contribution in [-0.2, 0) is 19.1 Å². The number of ether oxygens (including phenoxy) is 1. The average molecular weight is 384 g/mol. The molecule has 154 valence electrons. The van der Waals surface area contributed by atoms with Crippen LogP contribution in [0.1, 0.15) is 53.9 Å². The highest BCUT2D eigenvalue weighted by Crippen LogP contribution is 2.17. The Morgan fingerprint density at radius 3 is 2.33 bits per heavy atom. The quantitative estimate of drug-likeness (QED) is 0.618. The molecule has 1 heterocycles. The van der Waals surface area contributed by atoms with E-state index in [9.17, 15) is 19.2 Å². The number of hydrogen-bond donors (Lipinski definition) is 3. The third kappa shape index (κ3) is 8.74. The van der Waals surface area contributed by atoms with Crippen LogP contribution in [0.5, 0.6) is 0 Å². The molecule has 1 fully saturated rings. The smallest absolute Gasteiger partial charge is 0.408 e. The number of carbonyl (C=O) groups is 4. The molecule has 0 saturated carbocycles. The number of nitrogens with one attached hydrogen (secondary N) is 3. The van der Waals surface area contributed by atoms with Crippen LogP contribution in [0.25, 0.3) is 0 Å². The standard InChI is InChI=1S/C18H32N4O5/c1-12(2)21-14(23)10-19-16(25)13-8-6-7-9-22(13)15(24)11-20-17(26)27-18(3,4)5/h12-13H,6-11H2,1-5H3,(H,19,25)(H,20,26)(H,21,23)/t13-/m0/s1. The van der Waals surface area contributed by atoms with Gasteiger partial charge in [0.15, 0.2) is 0 Å².